The molecule has 1 heterocycles. The van der Waals surface area contributed by atoms with E-state index in [4.69, 9.17) is 10.2 Å². The molecule has 1 aliphatic heterocycles. The predicted molar refractivity (Wildman–Crippen MR) is 47.4 cm³/mol. The van der Waals surface area contributed by atoms with Gasteiger partial charge in [0, 0.05) is 0 Å². The first-order chi connectivity index (χ1) is 6.02. The van der Waals surface area contributed by atoms with E-state index in [2.05, 4.69) is 0 Å². The minimum Gasteiger partial charge on any atom is -0.477 e. The number of thioether (sulfide) groups is 2. The van der Waals surface area contributed by atoms with E-state index in [0.717, 1.165) is 11.8 Å². The molecule has 13 heavy (non-hydrogen) atoms. The summed E-state index contributed by atoms with van der Waals surface area (Å²) in [4.78, 5) is 31.6. The molecule has 1 rings (SSSR count). The first-order valence-corrected chi connectivity index (χ1v) is 4.87. The van der Waals surface area contributed by atoms with Crippen molar-refractivity contribution in [1.29, 1.82) is 0 Å². The molecule has 1 saturated heterocycles. The molecule has 70 valence electrons. The van der Waals surface area contributed by atoms with E-state index in [1.807, 2.05) is 0 Å². The Labute approximate surface area is 81.2 Å². The fraction of sp³-hybridized carbons (Fsp3) is 0.167. The molecule has 1 fully saturated rings. The Morgan fingerprint density at radius 1 is 1.23 bits per heavy atom. The van der Waals surface area contributed by atoms with E-state index in [1.54, 1.807) is 0 Å². The molecule has 0 amide bonds. The van der Waals surface area contributed by atoms with Gasteiger partial charge in [-0.15, -0.1) is 11.8 Å². The van der Waals surface area contributed by atoms with E-state index in [0.29, 0.717) is 11.8 Å². The highest BCUT2D eigenvalue weighted by atomic mass is 32.2. The first kappa shape index (κ1) is 10.1. The Morgan fingerprint density at radius 2 is 1.77 bits per heavy atom. The van der Waals surface area contributed by atoms with E-state index < -0.39 is 17.5 Å². The van der Waals surface area contributed by atoms with Crippen molar-refractivity contribution < 1.29 is 24.6 Å². The summed E-state index contributed by atoms with van der Waals surface area (Å²) in [5, 5.41) is 16.8. The van der Waals surface area contributed by atoms with Crippen LogP contribution >= 0.6 is 23.5 Å². The molecule has 0 aromatic heterocycles. The molecule has 0 aliphatic carbocycles. The lowest BCUT2D eigenvalue weighted by Crippen LogP contribution is -2.12. The molecule has 5 nitrogen and oxygen atoms in total. The van der Waals surface area contributed by atoms with Gasteiger partial charge < -0.3 is 10.2 Å². The summed E-state index contributed by atoms with van der Waals surface area (Å²) in [7, 11) is 0. The van der Waals surface area contributed by atoms with Crippen LogP contribution in [0.3, 0.4) is 0 Å². The second-order valence-electron chi connectivity index (χ2n) is 2.04. The quantitative estimate of drug-likeness (QED) is 0.394. The number of hydrogen-bond acceptors (Lipinski definition) is 5. The third-order valence-corrected chi connectivity index (χ3v) is 3.58. The number of carboxylic acids is 2. The Morgan fingerprint density at radius 3 is 2.08 bits per heavy atom. The summed E-state index contributed by atoms with van der Waals surface area (Å²) in [6, 6.07) is 0. The number of rotatable bonds is 2. The molecule has 0 radical (unpaired) electrons. The lowest BCUT2D eigenvalue weighted by Gasteiger charge is -1.97. The van der Waals surface area contributed by atoms with Crippen molar-refractivity contribution in [2.75, 3.05) is 5.75 Å². The van der Waals surface area contributed by atoms with Gasteiger partial charge in [-0.2, -0.15) is 0 Å². The fourth-order valence-corrected chi connectivity index (χ4v) is 2.83. The highest BCUT2D eigenvalue weighted by Gasteiger charge is 2.28. The first-order valence-electron chi connectivity index (χ1n) is 3.06. The summed E-state index contributed by atoms with van der Waals surface area (Å²) in [6.07, 6.45) is 0. The van der Waals surface area contributed by atoms with Gasteiger partial charge in [-0.3, -0.25) is 4.79 Å². The second-order valence-corrected chi connectivity index (χ2v) is 4.35. The van der Waals surface area contributed by atoms with Crippen LogP contribution in [0.15, 0.2) is 9.81 Å². The van der Waals surface area contributed by atoms with Gasteiger partial charge in [-0.05, 0) is 11.8 Å². The van der Waals surface area contributed by atoms with Crippen molar-refractivity contribution in [2.24, 2.45) is 0 Å². The molecule has 0 saturated carbocycles. The highest BCUT2D eigenvalue weighted by Crippen LogP contribution is 2.39. The van der Waals surface area contributed by atoms with Crippen LogP contribution < -0.4 is 0 Å². The maximum absolute atomic E-state index is 10.7. The largest absolute Gasteiger partial charge is 0.477 e. The zero-order chi connectivity index (χ0) is 10.0. The number of hydrogen-bond donors (Lipinski definition) is 2. The zero-order valence-electron chi connectivity index (χ0n) is 6.14. The summed E-state index contributed by atoms with van der Waals surface area (Å²) in [6.45, 7) is 0. The molecule has 0 aromatic carbocycles. The van der Waals surface area contributed by atoms with Crippen LogP contribution in [0.25, 0.3) is 0 Å². The Hall–Kier alpha value is -0.950. The predicted octanol–water partition coefficient (Wildman–Crippen LogP) is 0.374. The maximum Gasteiger partial charge on any atom is 0.344 e. The second kappa shape index (κ2) is 3.84. The Bertz CT molecular complexity index is 303. The van der Waals surface area contributed by atoms with E-state index >= 15 is 0 Å². The van der Waals surface area contributed by atoms with Crippen LogP contribution in [0.1, 0.15) is 0 Å². The standard InChI is InChI=1S/C6H4O5S2/c7-2-1-12-6(13-2)3(4(8)9)5(10)11/h1H2,(H,8,9)(H,10,11). The SMILES string of the molecule is O=C1CSC(=C(C(=O)O)C(=O)O)S1. The molecule has 0 unspecified atom stereocenters. The minimum absolute atomic E-state index is 0.0602. The van der Waals surface area contributed by atoms with Gasteiger partial charge in [0.15, 0.2) is 5.57 Å². The van der Waals surface area contributed by atoms with Crippen molar-refractivity contribution in [3.05, 3.63) is 9.81 Å². The lowest BCUT2D eigenvalue weighted by atomic mass is 10.3. The van der Waals surface area contributed by atoms with Crippen LogP contribution in [0.4, 0.5) is 0 Å². The Balaban J connectivity index is 3.04. The molecule has 0 spiro atoms. The van der Waals surface area contributed by atoms with Crippen molar-refractivity contribution in [2.45, 2.75) is 0 Å². The summed E-state index contributed by atoms with van der Waals surface area (Å²) >= 11 is 1.62. The average Bonchev–Trinajstić information content (AvgIpc) is 2.34. The van der Waals surface area contributed by atoms with Gasteiger partial charge in [0.05, 0.1) is 9.99 Å². The molecular formula is C6H4O5S2. The third-order valence-electron chi connectivity index (χ3n) is 1.16. The molecule has 7 heteroatoms. The number of carbonyl (C=O) groups is 3. The summed E-state index contributed by atoms with van der Waals surface area (Å²) in [5.41, 5.74) is -0.721. The molecular weight excluding hydrogens is 216 g/mol. The van der Waals surface area contributed by atoms with Crippen molar-refractivity contribution in [1.82, 2.24) is 0 Å². The summed E-state index contributed by atoms with van der Waals surface area (Å²) in [5.74, 6) is -2.90. The van der Waals surface area contributed by atoms with Crippen molar-refractivity contribution in [3.8, 4) is 0 Å². The van der Waals surface area contributed by atoms with Crippen LogP contribution in [0.5, 0.6) is 0 Å². The molecule has 0 atom stereocenters. The van der Waals surface area contributed by atoms with Crippen LogP contribution in [0, 0.1) is 0 Å². The Kier molecular flexibility index (Phi) is 2.99. The molecule has 0 aromatic rings. The van der Waals surface area contributed by atoms with Gasteiger partial charge >= 0.3 is 11.9 Å². The highest BCUT2D eigenvalue weighted by molar-refractivity contribution is 8.34. The third kappa shape index (κ3) is 2.25. The van der Waals surface area contributed by atoms with Crippen molar-refractivity contribution in [3.63, 3.8) is 0 Å². The van der Waals surface area contributed by atoms with Gasteiger partial charge in [-0.1, -0.05) is 0 Å². The molecule has 1 aliphatic rings. The number of carbonyl (C=O) groups excluding carboxylic acids is 1. The normalized spacial score (nSPS) is 16.0. The van der Waals surface area contributed by atoms with Crippen LogP contribution in [-0.2, 0) is 14.4 Å². The van der Waals surface area contributed by atoms with E-state index in [1.165, 1.54) is 0 Å². The number of aliphatic carboxylic acids is 2. The maximum atomic E-state index is 10.7. The minimum atomic E-state index is -1.52. The lowest BCUT2D eigenvalue weighted by molar-refractivity contribution is -0.140. The van der Waals surface area contributed by atoms with Crippen LogP contribution in [0.2, 0.25) is 0 Å². The van der Waals surface area contributed by atoms with Crippen LogP contribution in [-0.4, -0.2) is 33.0 Å². The average molecular weight is 220 g/mol. The van der Waals surface area contributed by atoms with Gasteiger partial charge in [0.2, 0.25) is 5.12 Å². The van der Waals surface area contributed by atoms with E-state index in [9.17, 15) is 14.4 Å². The summed E-state index contributed by atoms with van der Waals surface area (Å²) < 4.78 is 0.0602. The molecule has 2 N–H and O–H groups in total. The van der Waals surface area contributed by atoms with Gasteiger partial charge in [-0.25, -0.2) is 9.59 Å². The van der Waals surface area contributed by atoms with Crippen molar-refractivity contribution >= 4 is 40.6 Å². The van der Waals surface area contributed by atoms with Gasteiger partial charge in [0.25, 0.3) is 0 Å². The monoisotopic (exact) mass is 220 g/mol. The smallest absolute Gasteiger partial charge is 0.344 e. The zero-order valence-corrected chi connectivity index (χ0v) is 7.78. The fourth-order valence-electron chi connectivity index (χ4n) is 0.676. The number of carboxylic acid groups (broad SMARTS) is 2. The van der Waals surface area contributed by atoms with E-state index in [-0.39, 0.29) is 15.1 Å². The topological polar surface area (TPSA) is 91.7 Å². The van der Waals surface area contributed by atoms with Gasteiger partial charge in [0.1, 0.15) is 0 Å². The molecule has 0 bridgehead atoms.